The molecule has 1 N–H and O–H groups in total. The number of nitrogens with one attached hydrogen (secondary N) is 1. The highest BCUT2D eigenvalue weighted by molar-refractivity contribution is 7.91. The number of benzene rings is 2. The lowest BCUT2D eigenvalue weighted by molar-refractivity contribution is -0.117. The Morgan fingerprint density at radius 2 is 1.87 bits per heavy atom. The van der Waals surface area contributed by atoms with Crippen LogP contribution in [0, 0.1) is 0 Å². The van der Waals surface area contributed by atoms with Crippen LogP contribution in [0.1, 0.15) is 18.4 Å². The van der Waals surface area contributed by atoms with Crippen molar-refractivity contribution in [3.8, 4) is 11.5 Å². The van der Waals surface area contributed by atoms with Crippen molar-refractivity contribution < 1.29 is 31.5 Å². The number of sulfone groups is 1. The maximum Gasteiger partial charge on any atom is 0.341 e. The Balaban J connectivity index is 1.77. The van der Waals surface area contributed by atoms with E-state index in [1.54, 1.807) is 26.4 Å². The van der Waals surface area contributed by atoms with Crippen LogP contribution < -0.4 is 14.8 Å². The number of methoxy groups -OCH3 is 2. The predicted octanol–water partition coefficient (Wildman–Crippen LogP) is 3.30. The maximum absolute atomic E-state index is 13.0. The third-order valence-electron chi connectivity index (χ3n) is 4.97. The number of hydrogen-bond acceptors (Lipinski definition) is 6. The molecule has 1 amide bonds. The minimum absolute atomic E-state index is 0.0336. The average Bonchev–Trinajstić information content (AvgIpc) is 3.58. The van der Waals surface area contributed by atoms with Crippen molar-refractivity contribution in [2.75, 3.05) is 26.1 Å². The van der Waals surface area contributed by atoms with E-state index in [-0.39, 0.29) is 18.3 Å². The molecule has 0 aliphatic heterocycles. The van der Waals surface area contributed by atoms with Gasteiger partial charge in [0.1, 0.15) is 11.5 Å². The minimum atomic E-state index is -4.84. The molecule has 0 bridgehead atoms. The molecule has 1 fully saturated rings. The molecule has 1 aliphatic carbocycles. The van der Waals surface area contributed by atoms with Crippen LogP contribution >= 0.6 is 0 Å². The van der Waals surface area contributed by atoms with Crippen LogP contribution in [0.2, 0.25) is 0 Å². The van der Waals surface area contributed by atoms with Gasteiger partial charge in [0.05, 0.1) is 31.3 Å². The van der Waals surface area contributed by atoms with Gasteiger partial charge in [0.15, 0.2) is 0 Å². The number of halogens is 2. The van der Waals surface area contributed by atoms with E-state index in [1.165, 1.54) is 18.2 Å². The lowest BCUT2D eigenvalue weighted by Gasteiger charge is -2.23. The number of amides is 1. The van der Waals surface area contributed by atoms with E-state index in [1.807, 2.05) is 11.0 Å². The molecular weight excluding hydrogens is 430 g/mol. The van der Waals surface area contributed by atoms with Gasteiger partial charge in [-0.25, -0.2) is 8.42 Å². The smallest absolute Gasteiger partial charge is 0.341 e. The van der Waals surface area contributed by atoms with Crippen LogP contribution in [0.25, 0.3) is 0 Å². The first-order chi connectivity index (χ1) is 14.8. The second kappa shape index (κ2) is 9.61. The summed E-state index contributed by atoms with van der Waals surface area (Å²) in [5, 5.41) is 2.47. The van der Waals surface area contributed by atoms with Crippen LogP contribution in [-0.2, 0) is 21.2 Å². The van der Waals surface area contributed by atoms with Crippen molar-refractivity contribution in [1.82, 2.24) is 4.90 Å². The van der Waals surface area contributed by atoms with Crippen LogP contribution in [0.3, 0.4) is 0 Å². The van der Waals surface area contributed by atoms with Crippen molar-refractivity contribution in [1.29, 1.82) is 0 Å². The number of alkyl halides is 2. The van der Waals surface area contributed by atoms with Gasteiger partial charge >= 0.3 is 5.76 Å². The monoisotopic (exact) mass is 454 g/mol. The zero-order chi connectivity index (χ0) is 22.6. The van der Waals surface area contributed by atoms with Crippen LogP contribution in [0.5, 0.6) is 11.5 Å². The summed E-state index contributed by atoms with van der Waals surface area (Å²) in [7, 11) is -1.73. The molecule has 0 spiro atoms. The second-order valence-corrected chi connectivity index (χ2v) is 9.05. The topological polar surface area (TPSA) is 84.9 Å². The fourth-order valence-electron chi connectivity index (χ4n) is 3.27. The Bertz CT molecular complexity index is 1040. The van der Waals surface area contributed by atoms with Crippen molar-refractivity contribution in [3.05, 3.63) is 48.0 Å². The van der Waals surface area contributed by atoms with Gasteiger partial charge in [0.25, 0.3) is 0 Å². The average molecular weight is 454 g/mol. The SMILES string of the molecule is COc1ccc(OC)c(CN(CC(=O)Nc2ccccc2S(=O)(=O)C(F)F)C2CC2)c1. The lowest BCUT2D eigenvalue weighted by atomic mass is 10.1. The van der Waals surface area contributed by atoms with Gasteiger partial charge in [0, 0.05) is 18.2 Å². The third-order valence-corrected chi connectivity index (χ3v) is 6.41. The van der Waals surface area contributed by atoms with E-state index in [0.29, 0.717) is 18.0 Å². The summed E-state index contributed by atoms with van der Waals surface area (Å²) in [5.74, 6) is -2.76. The van der Waals surface area contributed by atoms with Gasteiger partial charge in [-0.05, 0) is 43.2 Å². The number of anilines is 1. The second-order valence-electron chi connectivity index (χ2n) is 7.16. The summed E-state index contributed by atoms with van der Waals surface area (Å²) in [5.41, 5.74) is 0.671. The fourth-order valence-corrected chi connectivity index (χ4v) is 4.15. The Morgan fingerprint density at radius 1 is 1.16 bits per heavy atom. The summed E-state index contributed by atoms with van der Waals surface area (Å²) < 4.78 is 60.5. The summed E-state index contributed by atoms with van der Waals surface area (Å²) in [6, 6.07) is 10.7. The molecule has 7 nitrogen and oxygen atoms in total. The standard InChI is InChI=1S/C21H24F2N2O5S/c1-29-16-9-10-18(30-2)14(11-16)12-25(15-7-8-15)13-20(26)24-17-5-3-4-6-19(17)31(27,28)21(22)23/h3-6,9-11,15,21H,7-8,12-13H2,1-2H3,(H,24,26). The van der Waals surface area contributed by atoms with Gasteiger partial charge in [0.2, 0.25) is 15.7 Å². The molecule has 3 rings (SSSR count). The Hall–Kier alpha value is -2.72. The largest absolute Gasteiger partial charge is 0.497 e. The summed E-state index contributed by atoms with van der Waals surface area (Å²) >= 11 is 0. The first-order valence-electron chi connectivity index (χ1n) is 9.62. The molecule has 0 heterocycles. The first-order valence-corrected chi connectivity index (χ1v) is 11.2. The number of carbonyl (C=O) groups excluding carboxylic acids is 1. The Morgan fingerprint density at radius 3 is 2.48 bits per heavy atom. The predicted molar refractivity (Wildman–Crippen MR) is 111 cm³/mol. The Kier molecular flexibility index (Phi) is 7.11. The quantitative estimate of drug-likeness (QED) is 0.593. The van der Waals surface area contributed by atoms with Gasteiger partial charge in [-0.2, -0.15) is 8.78 Å². The highest BCUT2D eigenvalue weighted by Crippen LogP contribution is 2.32. The molecule has 1 saturated carbocycles. The fraction of sp³-hybridized carbons (Fsp3) is 0.381. The molecule has 0 aromatic heterocycles. The minimum Gasteiger partial charge on any atom is -0.497 e. The van der Waals surface area contributed by atoms with Crippen molar-refractivity contribution in [2.45, 2.75) is 36.1 Å². The third kappa shape index (κ3) is 5.50. The van der Waals surface area contributed by atoms with Crippen LogP contribution in [0.4, 0.5) is 14.5 Å². The van der Waals surface area contributed by atoms with Crippen molar-refractivity contribution >= 4 is 21.4 Å². The summed E-state index contributed by atoms with van der Waals surface area (Å²) in [6.45, 7) is 0.379. The number of para-hydroxylation sites is 1. The van der Waals surface area contributed by atoms with E-state index in [2.05, 4.69) is 5.32 Å². The number of ether oxygens (including phenoxy) is 2. The number of nitrogens with zero attached hydrogens (tertiary/aromatic N) is 1. The highest BCUT2D eigenvalue weighted by atomic mass is 32.2. The van der Waals surface area contributed by atoms with Gasteiger partial charge in [-0.1, -0.05) is 12.1 Å². The maximum atomic E-state index is 13.0. The van der Waals surface area contributed by atoms with E-state index in [4.69, 9.17) is 9.47 Å². The van der Waals surface area contributed by atoms with Crippen LogP contribution in [0.15, 0.2) is 47.4 Å². The molecule has 0 atom stereocenters. The molecule has 0 saturated heterocycles. The molecule has 0 unspecified atom stereocenters. The molecule has 2 aromatic carbocycles. The summed E-state index contributed by atoms with van der Waals surface area (Å²) in [4.78, 5) is 14.0. The highest BCUT2D eigenvalue weighted by Gasteiger charge is 2.32. The Labute approximate surface area is 179 Å². The number of rotatable bonds is 10. The van der Waals surface area contributed by atoms with Gasteiger partial charge < -0.3 is 14.8 Å². The molecule has 0 radical (unpaired) electrons. The molecule has 2 aromatic rings. The van der Waals surface area contributed by atoms with E-state index < -0.39 is 26.4 Å². The van der Waals surface area contributed by atoms with Crippen molar-refractivity contribution in [3.63, 3.8) is 0 Å². The number of hydrogen-bond donors (Lipinski definition) is 1. The number of carbonyl (C=O) groups is 1. The molecule has 168 valence electrons. The normalized spacial score (nSPS) is 14.0. The van der Waals surface area contributed by atoms with Crippen molar-refractivity contribution in [2.24, 2.45) is 0 Å². The van der Waals surface area contributed by atoms with E-state index >= 15 is 0 Å². The molecular formula is C21H24F2N2O5S. The zero-order valence-electron chi connectivity index (χ0n) is 17.2. The molecule has 10 heteroatoms. The van der Waals surface area contributed by atoms with Crippen LogP contribution in [-0.4, -0.2) is 51.8 Å². The zero-order valence-corrected chi connectivity index (χ0v) is 18.0. The molecule has 31 heavy (non-hydrogen) atoms. The lowest BCUT2D eigenvalue weighted by Crippen LogP contribution is -2.35. The van der Waals surface area contributed by atoms with Gasteiger partial charge in [-0.15, -0.1) is 0 Å². The van der Waals surface area contributed by atoms with E-state index in [0.717, 1.165) is 24.5 Å². The van der Waals surface area contributed by atoms with E-state index in [9.17, 15) is 22.0 Å². The van der Waals surface area contributed by atoms with Gasteiger partial charge in [-0.3, -0.25) is 9.69 Å². The summed E-state index contributed by atoms with van der Waals surface area (Å²) in [6.07, 6.45) is 1.85. The first kappa shape index (κ1) is 23.0. The molecule has 1 aliphatic rings.